The molecule has 23 heavy (non-hydrogen) atoms. The highest BCUT2D eigenvalue weighted by Crippen LogP contribution is 2.37. The smallest absolute Gasteiger partial charge is 0.259 e. The number of nitrogens with zero attached hydrogens (tertiary/aromatic N) is 2. The van der Waals surface area contributed by atoms with Crippen LogP contribution in [0, 0.1) is 12.8 Å². The molecule has 0 N–H and O–H groups in total. The zero-order valence-electron chi connectivity index (χ0n) is 13.1. The van der Waals surface area contributed by atoms with Gasteiger partial charge in [-0.15, -0.1) is 0 Å². The number of likely N-dealkylation sites (tertiary alicyclic amines) is 1. The van der Waals surface area contributed by atoms with Crippen molar-refractivity contribution in [3.63, 3.8) is 0 Å². The van der Waals surface area contributed by atoms with Crippen LogP contribution >= 0.6 is 23.2 Å². The van der Waals surface area contributed by atoms with Gasteiger partial charge in [0.2, 0.25) is 0 Å². The van der Waals surface area contributed by atoms with E-state index in [-0.39, 0.29) is 5.91 Å². The first-order valence-electron chi connectivity index (χ1n) is 7.69. The molecular formula is C17H18Cl2N2O2. The maximum Gasteiger partial charge on any atom is 0.259 e. The van der Waals surface area contributed by atoms with E-state index in [1.165, 1.54) is 0 Å². The Balaban J connectivity index is 2.04. The number of amides is 1. The molecule has 2 heterocycles. The topological polar surface area (TPSA) is 46.3 Å². The van der Waals surface area contributed by atoms with Gasteiger partial charge in [0, 0.05) is 18.7 Å². The zero-order valence-corrected chi connectivity index (χ0v) is 14.6. The van der Waals surface area contributed by atoms with E-state index in [1.54, 1.807) is 25.1 Å². The Hall–Kier alpha value is -1.52. The number of rotatable bonds is 2. The Bertz CT molecular complexity index is 722. The Morgan fingerprint density at radius 2 is 2.04 bits per heavy atom. The zero-order chi connectivity index (χ0) is 16.6. The van der Waals surface area contributed by atoms with Crippen LogP contribution in [-0.2, 0) is 0 Å². The molecule has 6 heteroatoms. The van der Waals surface area contributed by atoms with Crippen LogP contribution in [0.2, 0.25) is 10.0 Å². The Kier molecular flexibility index (Phi) is 4.64. The van der Waals surface area contributed by atoms with E-state index in [0.717, 1.165) is 25.9 Å². The lowest BCUT2D eigenvalue weighted by Crippen LogP contribution is -2.39. The van der Waals surface area contributed by atoms with Gasteiger partial charge in [-0.2, -0.15) is 0 Å². The number of hydrogen-bond donors (Lipinski definition) is 0. The van der Waals surface area contributed by atoms with E-state index in [9.17, 15) is 4.79 Å². The monoisotopic (exact) mass is 352 g/mol. The molecule has 0 saturated carbocycles. The normalized spacial score (nSPS) is 18.3. The number of carbonyl (C=O) groups is 1. The van der Waals surface area contributed by atoms with Crippen molar-refractivity contribution in [3.8, 4) is 11.3 Å². The minimum atomic E-state index is -0.0683. The molecule has 0 bridgehead atoms. The molecule has 3 rings (SSSR count). The molecule has 1 fully saturated rings. The third-order valence-corrected chi connectivity index (χ3v) is 4.85. The molecule has 1 aromatic heterocycles. The van der Waals surface area contributed by atoms with Crippen molar-refractivity contribution in [2.75, 3.05) is 13.1 Å². The maximum absolute atomic E-state index is 13.0. The van der Waals surface area contributed by atoms with E-state index in [0.29, 0.717) is 38.5 Å². The van der Waals surface area contributed by atoms with Crippen LogP contribution in [0.15, 0.2) is 22.7 Å². The number of piperidine rings is 1. The second kappa shape index (κ2) is 6.54. The average molecular weight is 353 g/mol. The molecule has 0 radical (unpaired) electrons. The molecule has 4 nitrogen and oxygen atoms in total. The molecule has 0 aliphatic carbocycles. The first-order chi connectivity index (χ1) is 11.0. The summed E-state index contributed by atoms with van der Waals surface area (Å²) in [6, 6.07) is 5.21. The maximum atomic E-state index is 13.0. The number of benzene rings is 1. The van der Waals surface area contributed by atoms with Crippen LogP contribution in [0.5, 0.6) is 0 Å². The van der Waals surface area contributed by atoms with Crippen LogP contribution in [0.1, 0.15) is 35.9 Å². The molecule has 1 aliphatic heterocycles. The molecule has 1 aliphatic rings. The summed E-state index contributed by atoms with van der Waals surface area (Å²) < 4.78 is 5.28. The lowest BCUT2D eigenvalue weighted by Gasteiger charge is -2.31. The van der Waals surface area contributed by atoms with Crippen molar-refractivity contribution < 1.29 is 9.32 Å². The van der Waals surface area contributed by atoms with Gasteiger partial charge in [0.05, 0.1) is 10.0 Å². The fourth-order valence-electron chi connectivity index (χ4n) is 3.05. The van der Waals surface area contributed by atoms with Crippen molar-refractivity contribution in [2.24, 2.45) is 5.92 Å². The summed E-state index contributed by atoms with van der Waals surface area (Å²) >= 11 is 12.5. The molecule has 0 unspecified atom stereocenters. The first-order valence-corrected chi connectivity index (χ1v) is 8.44. The molecule has 1 atom stereocenters. The van der Waals surface area contributed by atoms with E-state index in [2.05, 4.69) is 12.1 Å². The van der Waals surface area contributed by atoms with Crippen molar-refractivity contribution >= 4 is 29.1 Å². The van der Waals surface area contributed by atoms with Crippen LogP contribution in [0.4, 0.5) is 0 Å². The lowest BCUT2D eigenvalue weighted by atomic mass is 9.98. The highest BCUT2D eigenvalue weighted by molar-refractivity contribution is 6.39. The SMILES string of the molecule is Cc1onc(-c2c(Cl)cccc2Cl)c1C(=O)N1CCC[C@H](C)C1. The first kappa shape index (κ1) is 16.3. The van der Waals surface area contributed by atoms with Crippen LogP contribution in [0.3, 0.4) is 0 Å². The predicted octanol–water partition coefficient (Wildman–Crippen LogP) is 4.83. The number of hydrogen-bond acceptors (Lipinski definition) is 3. The van der Waals surface area contributed by atoms with Gasteiger partial charge in [0.1, 0.15) is 17.0 Å². The minimum absolute atomic E-state index is 0.0683. The number of aryl methyl sites for hydroxylation is 1. The molecular weight excluding hydrogens is 335 g/mol. The number of halogens is 2. The Labute approximate surface area is 145 Å². The van der Waals surface area contributed by atoms with Gasteiger partial charge in [0.25, 0.3) is 5.91 Å². The fraction of sp³-hybridized carbons (Fsp3) is 0.412. The molecule has 1 amide bonds. The molecule has 1 saturated heterocycles. The Morgan fingerprint density at radius 3 is 2.70 bits per heavy atom. The largest absolute Gasteiger partial charge is 0.360 e. The van der Waals surface area contributed by atoms with Crippen LogP contribution < -0.4 is 0 Å². The Morgan fingerprint density at radius 1 is 1.35 bits per heavy atom. The number of aromatic nitrogens is 1. The van der Waals surface area contributed by atoms with Gasteiger partial charge in [0.15, 0.2) is 0 Å². The standard InChI is InChI=1S/C17H18Cl2N2O2/c1-10-5-4-8-21(9-10)17(22)14-11(2)23-20-16(14)15-12(18)6-3-7-13(15)19/h3,6-7,10H,4-5,8-9H2,1-2H3/t10-/m0/s1. The van der Waals surface area contributed by atoms with Gasteiger partial charge in [-0.25, -0.2) is 0 Å². The summed E-state index contributed by atoms with van der Waals surface area (Å²) in [5.41, 5.74) is 1.41. The van der Waals surface area contributed by atoms with Gasteiger partial charge in [-0.3, -0.25) is 4.79 Å². The molecule has 1 aromatic carbocycles. The molecule has 2 aromatic rings. The van der Waals surface area contributed by atoms with E-state index < -0.39 is 0 Å². The van der Waals surface area contributed by atoms with Gasteiger partial charge < -0.3 is 9.42 Å². The van der Waals surface area contributed by atoms with E-state index in [4.69, 9.17) is 27.7 Å². The summed E-state index contributed by atoms with van der Waals surface area (Å²) in [6.07, 6.45) is 2.16. The van der Waals surface area contributed by atoms with E-state index >= 15 is 0 Å². The third-order valence-electron chi connectivity index (χ3n) is 4.22. The molecule has 122 valence electrons. The summed E-state index contributed by atoms with van der Waals surface area (Å²) in [7, 11) is 0. The lowest BCUT2D eigenvalue weighted by molar-refractivity contribution is 0.0682. The predicted molar refractivity (Wildman–Crippen MR) is 91.0 cm³/mol. The highest BCUT2D eigenvalue weighted by Gasteiger charge is 2.30. The summed E-state index contributed by atoms with van der Waals surface area (Å²) in [5, 5.41) is 4.95. The third kappa shape index (κ3) is 3.10. The highest BCUT2D eigenvalue weighted by atomic mass is 35.5. The van der Waals surface area contributed by atoms with Gasteiger partial charge >= 0.3 is 0 Å². The second-order valence-corrected chi connectivity index (χ2v) is 6.87. The number of carbonyl (C=O) groups excluding carboxylic acids is 1. The minimum Gasteiger partial charge on any atom is -0.360 e. The van der Waals surface area contributed by atoms with Gasteiger partial charge in [-0.1, -0.05) is 41.3 Å². The van der Waals surface area contributed by atoms with Crippen molar-refractivity contribution in [3.05, 3.63) is 39.6 Å². The van der Waals surface area contributed by atoms with Crippen molar-refractivity contribution in [1.82, 2.24) is 10.1 Å². The summed E-state index contributed by atoms with van der Waals surface area (Å²) in [6.45, 7) is 5.40. The fourth-order valence-corrected chi connectivity index (χ4v) is 3.63. The van der Waals surface area contributed by atoms with Crippen molar-refractivity contribution in [1.29, 1.82) is 0 Å². The van der Waals surface area contributed by atoms with E-state index in [1.807, 2.05) is 4.90 Å². The van der Waals surface area contributed by atoms with Crippen LogP contribution in [-0.4, -0.2) is 29.1 Å². The average Bonchev–Trinajstić information content (AvgIpc) is 2.88. The summed E-state index contributed by atoms with van der Waals surface area (Å²) in [5.74, 6) is 0.917. The quantitative estimate of drug-likeness (QED) is 0.777. The van der Waals surface area contributed by atoms with Crippen molar-refractivity contribution in [2.45, 2.75) is 26.7 Å². The second-order valence-electron chi connectivity index (χ2n) is 6.06. The van der Waals surface area contributed by atoms with Crippen LogP contribution in [0.25, 0.3) is 11.3 Å². The summed E-state index contributed by atoms with van der Waals surface area (Å²) in [4.78, 5) is 14.8. The van der Waals surface area contributed by atoms with Gasteiger partial charge in [-0.05, 0) is 37.8 Å². The molecule has 0 spiro atoms.